The molecule has 188 valence electrons. The molecule has 4 rings (SSSR count). The predicted octanol–water partition coefficient (Wildman–Crippen LogP) is 5.01. The van der Waals surface area contributed by atoms with E-state index in [0.29, 0.717) is 6.54 Å². The van der Waals surface area contributed by atoms with Crippen LogP contribution in [0.2, 0.25) is 0 Å². The first kappa shape index (κ1) is 25.0. The van der Waals surface area contributed by atoms with Gasteiger partial charge in [0.15, 0.2) is 0 Å². The minimum atomic E-state index is -0.695. The molecule has 1 N–H and O–H groups in total. The summed E-state index contributed by atoms with van der Waals surface area (Å²) in [5, 5.41) is 17.0. The zero-order valence-corrected chi connectivity index (χ0v) is 20.3. The van der Waals surface area contributed by atoms with Gasteiger partial charge in [-0.25, -0.2) is 19.6 Å². The normalized spacial score (nSPS) is 10.6. The van der Waals surface area contributed by atoms with E-state index in [1.165, 1.54) is 38.7 Å². The van der Waals surface area contributed by atoms with Gasteiger partial charge in [-0.2, -0.15) is 0 Å². The molecular weight excluding hydrogens is 478 g/mol. The largest absolute Gasteiger partial charge is 0.465 e. The van der Waals surface area contributed by atoms with Crippen molar-refractivity contribution in [1.82, 2.24) is 9.97 Å². The molecule has 0 atom stereocenters. The summed E-state index contributed by atoms with van der Waals surface area (Å²) in [6.07, 6.45) is 1.21. The molecule has 0 aliphatic heterocycles. The van der Waals surface area contributed by atoms with Gasteiger partial charge < -0.3 is 19.7 Å². The van der Waals surface area contributed by atoms with E-state index in [4.69, 9.17) is 9.47 Å². The molecule has 4 aromatic rings. The van der Waals surface area contributed by atoms with E-state index in [0.717, 1.165) is 16.5 Å². The minimum absolute atomic E-state index is 0.0516. The molecule has 37 heavy (non-hydrogen) atoms. The molecule has 3 aromatic carbocycles. The van der Waals surface area contributed by atoms with Crippen LogP contribution in [-0.4, -0.2) is 47.6 Å². The summed E-state index contributed by atoms with van der Waals surface area (Å²) in [5.74, 6) is -1.43. The highest BCUT2D eigenvalue weighted by Gasteiger charge is 2.28. The van der Waals surface area contributed by atoms with E-state index in [1.54, 1.807) is 4.90 Å². The van der Waals surface area contributed by atoms with Crippen molar-refractivity contribution in [2.75, 3.05) is 31.0 Å². The fraction of sp³-hybridized carbons (Fsp3) is 0.154. The van der Waals surface area contributed by atoms with Crippen LogP contribution in [0.5, 0.6) is 0 Å². The maximum Gasteiger partial charge on any atom is 0.354 e. The molecule has 0 amide bonds. The Morgan fingerprint density at radius 1 is 0.973 bits per heavy atom. The second-order valence-corrected chi connectivity index (χ2v) is 7.80. The zero-order chi connectivity index (χ0) is 26.5. The van der Waals surface area contributed by atoms with Gasteiger partial charge >= 0.3 is 17.6 Å². The van der Waals surface area contributed by atoms with Crippen molar-refractivity contribution in [3.63, 3.8) is 0 Å². The van der Waals surface area contributed by atoms with Gasteiger partial charge in [-0.1, -0.05) is 36.4 Å². The fourth-order valence-electron chi connectivity index (χ4n) is 4.01. The zero-order valence-electron chi connectivity index (χ0n) is 20.3. The van der Waals surface area contributed by atoms with Crippen molar-refractivity contribution in [3.05, 3.63) is 88.2 Å². The van der Waals surface area contributed by atoms with Crippen molar-refractivity contribution in [2.24, 2.45) is 0 Å². The number of fused-ring (bicyclic) bond motifs is 1. The van der Waals surface area contributed by atoms with Crippen LogP contribution in [0.1, 0.15) is 27.6 Å². The highest BCUT2D eigenvalue weighted by molar-refractivity contribution is 5.98. The third-order valence-corrected chi connectivity index (χ3v) is 5.65. The number of aromatic nitrogens is 2. The number of rotatable bonds is 8. The number of ether oxygens (including phenoxy) is 2. The summed E-state index contributed by atoms with van der Waals surface area (Å²) in [5.41, 5.74) is 0.671. The molecule has 0 bridgehead atoms. The summed E-state index contributed by atoms with van der Waals surface area (Å²) < 4.78 is 9.52. The number of carbonyl (C=O) groups is 2. The second-order valence-electron chi connectivity index (χ2n) is 7.80. The molecule has 0 aliphatic rings. The van der Waals surface area contributed by atoms with Gasteiger partial charge in [0.2, 0.25) is 11.6 Å². The van der Waals surface area contributed by atoms with Crippen molar-refractivity contribution in [2.45, 2.75) is 6.92 Å². The first-order chi connectivity index (χ1) is 17.9. The molecule has 1 aromatic heterocycles. The average Bonchev–Trinajstić information content (AvgIpc) is 2.92. The van der Waals surface area contributed by atoms with Crippen molar-refractivity contribution in [1.29, 1.82) is 0 Å². The molecule has 11 nitrogen and oxygen atoms in total. The SMILES string of the molecule is CCN(c1ncnc(Nc2cc(C(=O)OC)cc(C(=O)OC)c2)c1[N+](=O)[O-])c1cccc2ccccc12. The lowest BCUT2D eigenvalue weighted by Crippen LogP contribution is -2.20. The van der Waals surface area contributed by atoms with E-state index in [9.17, 15) is 19.7 Å². The molecule has 0 radical (unpaired) electrons. The molecule has 0 saturated carbocycles. The van der Waals surface area contributed by atoms with Crippen LogP contribution in [0.4, 0.5) is 28.7 Å². The minimum Gasteiger partial charge on any atom is -0.465 e. The molecule has 0 aliphatic carbocycles. The van der Waals surface area contributed by atoms with Gasteiger partial charge in [-0.15, -0.1) is 0 Å². The van der Waals surface area contributed by atoms with Crippen molar-refractivity contribution in [3.8, 4) is 0 Å². The summed E-state index contributed by atoms with van der Waals surface area (Å²) in [6.45, 7) is 2.25. The van der Waals surface area contributed by atoms with Crippen LogP contribution in [0, 0.1) is 10.1 Å². The van der Waals surface area contributed by atoms with Crippen LogP contribution >= 0.6 is 0 Å². The lowest BCUT2D eigenvalue weighted by atomic mass is 10.1. The Labute approximate surface area is 211 Å². The van der Waals surface area contributed by atoms with Gasteiger partial charge in [-0.3, -0.25) is 10.1 Å². The van der Waals surface area contributed by atoms with E-state index in [2.05, 4.69) is 15.3 Å². The third kappa shape index (κ3) is 5.01. The Kier molecular flexibility index (Phi) is 7.23. The molecule has 0 saturated heterocycles. The summed E-state index contributed by atoms with van der Waals surface area (Å²) in [7, 11) is 2.41. The molecule has 0 spiro atoms. The van der Waals surface area contributed by atoms with E-state index in [-0.39, 0.29) is 34.1 Å². The average molecular weight is 501 g/mol. The number of carbonyl (C=O) groups excluding carboxylic acids is 2. The Balaban J connectivity index is 1.84. The predicted molar refractivity (Wildman–Crippen MR) is 138 cm³/mol. The molecule has 1 heterocycles. The Morgan fingerprint density at radius 2 is 1.62 bits per heavy atom. The quantitative estimate of drug-likeness (QED) is 0.199. The number of hydrogen-bond acceptors (Lipinski definition) is 10. The summed E-state index contributed by atoms with van der Waals surface area (Å²) >= 11 is 0. The van der Waals surface area contributed by atoms with Gasteiger partial charge in [0.05, 0.1) is 36.0 Å². The van der Waals surface area contributed by atoms with Crippen LogP contribution in [-0.2, 0) is 9.47 Å². The lowest BCUT2D eigenvalue weighted by molar-refractivity contribution is -0.383. The monoisotopic (exact) mass is 501 g/mol. The smallest absolute Gasteiger partial charge is 0.354 e. The van der Waals surface area contributed by atoms with E-state index < -0.39 is 16.9 Å². The second kappa shape index (κ2) is 10.7. The maximum atomic E-state index is 12.3. The number of hydrogen-bond donors (Lipinski definition) is 1. The Hall–Kier alpha value is -5.06. The van der Waals surface area contributed by atoms with Crippen LogP contribution < -0.4 is 10.2 Å². The number of nitrogens with zero attached hydrogens (tertiary/aromatic N) is 4. The first-order valence-corrected chi connectivity index (χ1v) is 11.2. The highest BCUT2D eigenvalue weighted by atomic mass is 16.6. The number of methoxy groups -OCH3 is 2. The number of nitrogens with one attached hydrogen (secondary N) is 1. The summed E-state index contributed by atoms with van der Waals surface area (Å²) in [4.78, 5) is 46.1. The number of benzene rings is 3. The van der Waals surface area contributed by atoms with Gasteiger partial charge in [0.25, 0.3) is 0 Å². The number of esters is 2. The Bertz CT molecular complexity index is 1470. The third-order valence-electron chi connectivity index (χ3n) is 5.65. The standard InChI is InChI=1S/C26H23N5O6/c1-4-30(21-11-7-9-16-8-5-6-10-20(16)21)24-22(31(34)35)23(27-15-28-24)29-19-13-17(25(32)36-2)12-18(14-19)26(33)37-3/h5-15H,4H2,1-3H3,(H,27,28,29). The number of nitro groups is 1. The molecular formula is C26H23N5O6. The fourth-order valence-corrected chi connectivity index (χ4v) is 4.01. The van der Waals surface area contributed by atoms with Gasteiger partial charge in [0.1, 0.15) is 6.33 Å². The Morgan fingerprint density at radius 3 is 2.24 bits per heavy atom. The molecule has 11 heteroatoms. The van der Waals surface area contributed by atoms with Crippen molar-refractivity contribution < 1.29 is 24.0 Å². The topological polar surface area (TPSA) is 137 Å². The van der Waals surface area contributed by atoms with E-state index in [1.807, 2.05) is 49.4 Å². The summed E-state index contributed by atoms with van der Waals surface area (Å²) in [6, 6.07) is 17.5. The lowest BCUT2D eigenvalue weighted by Gasteiger charge is -2.24. The molecule has 0 fully saturated rings. The first-order valence-electron chi connectivity index (χ1n) is 11.2. The van der Waals surface area contributed by atoms with Crippen LogP contribution in [0.3, 0.4) is 0 Å². The van der Waals surface area contributed by atoms with Gasteiger partial charge in [-0.05, 0) is 36.6 Å². The van der Waals surface area contributed by atoms with Crippen LogP contribution in [0.15, 0.2) is 67.0 Å². The van der Waals surface area contributed by atoms with Crippen molar-refractivity contribution >= 4 is 51.4 Å². The number of anilines is 4. The van der Waals surface area contributed by atoms with Crippen LogP contribution in [0.25, 0.3) is 10.8 Å². The highest BCUT2D eigenvalue weighted by Crippen LogP contribution is 2.39. The maximum absolute atomic E-state index is 12.3. The molecule has 0 unspecified atom stereocenters. The van der Waals surface area contributed by atoms with Gasteiger partial charge in [0, 0.05) is 17.6 Å². The van der Waals surface area contributed by atoms with E-state index >= 15 is 0 Å².